The molecule has 10 rings (SSSR count). The Bertz CT molecular complexity index is 3350. The van der Waals surface area contributed by atoms with E-state index in [9.17, 15) is 24.5 Å². The summed E-state index contributed by atoms with van der Waals surface area (Å²) in [5.74, 6) is 1.61. The van der Waals surface area contributed by atoms with E-state index >= 15 is 0 Å². The molecule has 2 aliphatic heterocycles. The first-order valence-corrected chi connectivity index (χ1v) is 30.3. The van der Waals surface area contributed by atoms with Gasteiger partial charge in [0.2, 0.25) is 0 Å². The van der Waals surface area contributed by atoms with Crippen molar-refractivity contribution >= 4 is 24.8 Å². The first-order chi connectivity index (χ1) is 42.6. The molecule has 3 atom stereocenters. The van der Waals surface area contributed by atoms with E-state index in [4.69, 9.17) is 24.1 Å². The summed E-state index contributed by atoms with van der Waals surface area (Å²) < 4.78 is 25.0. The molecule has 1 unspecified atom stereocenters. The molecule has 5 N–H and O–H groups in total. The maximum atomic E-state index is 11.9. The maximum Gasteiger partial charge on any atom is 0.377 e. The summed E-state index contributed by atoms with van der Waals surface area (Å²) in [6.45, 7) is 15.7. The van der Waals surface area contributed by atoms with Gasteiger partial charge >= 0.3 is 19.0 Å². The van der Waals surface area contributed by atoms with Gasteiger partial charge in [0, 0.05) is 67.3 Å². The monoisotopic (exact) mass is 1190 g/mol. The lowest BCUT2D eigenvalue weighted by Crippen LogP contribution is -2.53. The van der Waals surface area contributed by atoms with Gasteiger partial charge in [0.25, 0.3) is 0 Å². The first kappa shape index (κ1) is 65.4. The summed E-state index contributed by atoms with van der Waals surface area (Å²) in [6.07, 6.45) is 1.73. The van der Waals surface area contributed by atoms with Crippen LogP contribution in [0.3, 0.4) is 0 Å². The van der Waals surface area contributed by atoms with Crippen molar-refractivity contribution in [2.75, 3.05) is 13.1 Å². The Kier molecular flexibility index (Phi) is 24.9. The number of aliphatic carboxylic acids is 2. The molecule has 0 bridgehead atoms. The van der Waals surface area contributed by atoms with Gasteiger partial charge in [0.15, 0.2) is 0 Å². The van der Waals surface area contributed by atoms with Gasteiger partial charge in [-0.2, -0.15) is 0 Å². The van der Waals surface area contributed by atoms with E-state index in [2.05, 4.69) is 177 Å². The Balaban J connectivity index is 0.000000193. The standard InChI is InChI=1S/C36H40N2O4.C30H31NO2.C7H12BNO4/c1-26-9-7-11-28(19-26)24-41-34-15-5-3-13-30(34)22-38(32-17-18-37-33(21-32)36(39)40)23-31-14-4-6-16-35(31)42-25-29-12-8-10-27(2)20-29;1-23-9-7-11-25(17-23)21-32-29-15-5-3-13-27(29)19-31-20-28-14-4-6-16-30(28)33-22-26-12-8-10-24(2)18-26;1-8(13)9-3-2-5(10)4-6(9)7(11)12/h3-16,19-20,32-33,37H,17-18,21-25H2,1-2H3,(H,39,40);3-18,31H,19-22H2,1-2H3;6,13H,2-4H2,1H3,(H,11,12)/t32?,33-;;6-/m0.1/s1. The van der Waals surface area contributed by atoms with Crippen LogP contribution in [-0.4, -0.2) is 80.9 Å². The molecule has 0 aliphatic carbocycles. The predicted octanol–water partition coefficient (Wildman–Crippen LogP) is 12.6. The Morgan fingerprint density at radius 2 is 0.920 bits per heavy atom. The Morgan fingerprint density at radius 1 is 0.545 bits per heavy atom. The predicted molar refractivity (Wildman–Crippen MR) is 346 cm³/mol. The molecular weight excluding hydrogens is 1100 g/mol. The van der Waals surface area contributed by atoms with Gasteiger partial charge in [-0.3, -0.25) is 19.3 Å². The van der Waals surface area contributed by atoms with Crippen LogP contribution in [0.15, 0.2) is 194 Å². The molecule has 2 aliphatic rings. The number of hydrogen-bond donors (Lipinski definition) is 5. The third kappa shape index (κ3) is 20.5. The average Bonchev–Trinajstić information content (AvgIpc) is 3.65. The summed E-state index contributed by atoms with van der Waals surface area (Å²) >= 11 is 0. The second kappa shape index (κ2) is 33.5. The molecule has 0 amide bonds. The number of carboxylic acid groups (broad SMARTS) is 2. The zero-order chi connectivity index (χ0) is 62.2. The number of benzene rings is 8. The van der Waals surface area contributed by atoms with Crippen LogP contribution >= 0.6 is 0 Å². The van der Waals surface area contributed by atoms with Gasteiger partial charge in [-0.15, -0.1) is 0 Å². The Labute approximate surface area is 519 Å². The molecule has 0 spiro atoms. The van der Waals surface area contributed by atoms with Crippen LogP contribution in [0.4, 0.5) is 0 Å². The molecule has 0 aromatic heterocycles. The Hall–Kier alpha value is -8.57. The Morgan fingerprint density at radius 3 is 1.28 bits per heavy atom. The molecule has 14 nitrogen and oxygen atoms in total. The molecule has 458 valence electrons. The number of Topliss-reactive ketones (excluding diaryl/α,β-unsaturated/α-hetero) is 1. The third-order valence-corrected chi connectivity index (χ3v) is 15.6. The van der Waals surface area contributed by atoms with Crippen molar-refractivity contribution in [3.05, 3.63) is 261 Å². The van der Waals surface area contributed by atoms with Crippen molar-refractivity contribution in [3.63, 3.8) is 0 Å². The van der Waals surface area contributed by atoms with Gasteiger partial charge in [-0.1, -0.05) is 192 Å². The summed E-state index contributed by atoms with van der Waals surface area (Å²) in [5, 5.41) is 34.5. The number of nitrogens with zero attached hydrogens (tertiary/aromatic N) is 2. The van der Waals surface area contributed by atoms with Crippen molar-refractivity contribution in [1.29, 1.82) is 0 Å². The minimum absolute atomic E-state index is 0.000231. The van der Waals surface area contributed by atoms with E-state index in [1.165, 1.54) is 45.0 Å². The third-order valence-electron chi connectivity index (χ3n) is 15.6. The summed E-state index contributed by atoms with van der Waals surface area (Å²) in [5.41, 5.74) is 14.0. The average molecular weight is 1190 g/mol. The molecule has 15 heteroatoms. The van der Waals surface area contributed by atoms with Gasteiger partial charge in [0.1, 0.15) is 67.3 Å². The number of piperidine rings is 2. The number of aryl methyl sites for hydroxylation is 4. The number of carbonyl (C=O) groups excluding carboxylic acids is 1. The number of ketones is 1. The lowest BCUT2D eigenvalue weighted by Gasteiger charge is -2.37. The van der Waals surface area contributed by atoms with E-state index in [1.54, 1.807) is 0 Å². The fourth-order valence-corrected chi connectivity index (χ4v) is 11.0. The zero-order valence-corrected chi connectivity index (χ0v) is 51.3. The zero-order valence-electron chi connectivity index (χ0n) is 51.3. The summed E-state index contributed by atoms with van der Waals surface area (Å²) in [6, 6.07) is 65.0. The van der Waals surface area contributed by atoms with Gasteiger partial charge in [-0.05, 0) is 107 Å². The summed E-state index contributed by atoms with van der Waals surface area (Å²) in [7, 11) is -0.811. The maximum absolute atomic E-state index is 11.9. The van der Waals surface area contributed by atoms with Crippen LogP contribution in [0, 0.1) is 27.7 Å². The molecule has 2 fully saturated rings. The number of hydrogen-bond acceptors (Lipinski definition) is 12. The van der Waals surface area contributed by atoms with Crippen LogP contribution in [0.25, 0.3) is 0 Å². The molecule has 88 heavy (non-hydrogen) atoms. The van der Waals surface area contributed by atoms with Gasteiger partial charge in [0.05, 0.1) is 0 Å². The highest BCUT2D eigenvalue weighted by Gasteiger charge is 2.36. The highest BCUT2D eigenvalue weighted by Crippen LogP contribution is 2.30. The number of ether oxygens (including phenoxy) is 4. The fourth-order valence-electron chi connectivity index (χ4n) is 11.0. The van der Waals surface area contributed by atoms with E-state index < -0.39 is 31.1 Å². The van der Waals surface area contributed by atoms with Crippen molar-refractivity contribution in [2.45, 2.75) is 131 Å². The van der Waals surface area contributed by atoms with Crippen LogP contribution in [-0.2, 0) is 67.0 Å². The fraction of sp³-hybridized carbons (Fsp3) is 0.301. The second-order valence-corrected chi connectivity index (χ2v) is 22.8. The molecule has 8 aromatic rings. The SMILES string of the molecule is CB(O)N1CCC(=O)C[C@@H]1C(=O)O.Cc1cccc(COc2ccccc2CN(Cc2ccccc2OCc2cccc(C)c2)C2CCN[C@H](C(=O)O)C2)c1.Cc1cccc(COc2ccccc2CNCc2ccccc2OCc2cccc(C)c2)c1. The summed E-state index contributed by atoms with van der Waals surface area (Å²) in [4.78, 5) is 37.4. The second-order valence-electron chi connectivity index (χ2n) is 22.8. The highest BCUT2D eigenvalue weighted by molar-refractivity contribution is 6.46. The number of rotatable bonds is 24. The molecule has 2 saturated heterocycles. The van der Waals surface area contributed by atoms with Crippen LogP contribution in [0.5, 0.6) is 23.0 Å². The lowest BCUT2D eigenvalue weighted by atomic mass is 9.79. The van der Waals surface area contributed by atoms with Crippen molar-refractivity contribution < 1.29 is 48.6 Å². The quantitative estimate of drug-likeness (QED) is 0.0361. The number of carboxylic acids is 2. The smallest absolute Gasteiger partial charge is 0.377 e. The molecule has 0 saturated carbocycles. The van der Waals surface area contributed by atoms with Crippen LogP contribution in [0.1, 0.15) is 92.4 Å². The largest absolute Gasteiger partial charge is 0.489 e. The van der Waals surface area contributed by atoms with E-state index in [1.807, 2.05) is 60.7 Å². The van der Waals surface area contributed by atoms with E-state index in [-0.39, 0.29) is 18.2 Å². The normalized spacial score (nSPS) is 15.6. The lowest BCUT2D eigenvalue weighted by molar-refractivity contribution is -0.145. The van der Waals surface area contributed by atoms with Gasteiger partial charge < -0.3 is 49.6 Å². The van der Waals surface area contributed by atoms with Crippen molar-refractivity contribution in [2.24, 2.45) is 0 Å². The van der Waals surface area contributed by atoms with Crippen molar-refractivity contribution in [3.8, 4) is 23.0 Å². The van der Waals surface area contributed by atoms with Crippen LogP contribution in [0.2, 0.25) is 6.82 Å². The van der Waals surface area contributed by atoms with Crippen molar-refractivity contribution in [1.82, 2.24) is 20.3 Å². The molecule has 8 aromatic carbocycles. The molecule has 2 heterocycles. The molecule has 0 radical (unpaired) electrons. The van der Waals surface area contributed by atoms with Gasteiger partial charge in [-0.25, -0.2) is 0 Å². The van der Waals surface area contributed by atoms with E-state index in [0.29, 0.717) is 65.4 Å². The number of nitrogens with one attached hydrogen (secondary N) is 2. The minimum atomic E-state index is -1.05. The number of para-hydroxylation sites is 4. The highest BCUT2D eigenvalue weighted by atomic mass is 16.5. The minimum Gasteiger partial charge on any atom is -0.489 e. The van der Waals surface area contributed by atoms with Crippen LogP contribution < -0.4 is 29.6 Å². The topological polar surface area (TPSA) is 179 Å². The molecular formula is C73H83BN4O10. The number of carbonyl (C=O) groups is 3. The van der Waals surface area contributed by atoms with E-state index in [0.717, 1.165) is 75.9 Å². The first-order valence-electron chi connectivity index (χ1n) is 30.3.